The van der Waals surface area contributed by atoms with Gasteiger partial charge in [0.1, 0.15) is 6.07 Å². The van der Waals surface area contributed by atoms with Gasteiger partial charge in [-0.3, -0.25) is 8.47 Å². The van der Waals surface area contributed by atoms with Crippen molar-refractivity contribution in [3.8, 4) is 6.07 Å². The second-order valence-corrected chi connectivity index (χ2v) is 2.12. The predicted octanol–water partition coefficient (Wildman–Crippen LogP) is 0.128. The number of rotatable bonds is 3. The summed E-state index contributed by atoms with van der Waals surface area (Å²) in [6, 6.07) is 1.68. The molecule has 0 saturated heterocycles. The van der Waals surface area contributed by atoms with Crippen LogP contribution in [0.4, 0.5) is 0 Å². The summed E-state index contributed by atoms with van der Waals surface area (Å²) in [4.78, 5) is 0. The van der Waals surface area contributed by atoms with Crippen molar-refractivity contribution >= 4 is 17.1 Å². The fraction of sp³-hybridized carbons (Fsp3) is 0.500. The molecule has 0 fully saturated rings. The van der Waals surface area contributed by atoms with Crippen LogP contribution in [-0.4, -0.2) is 17.0 Å². The van der Waals surface area contributed by atoms with Gasteiger partial charge >= 0.3 is 11.4 Å². The zero-order chi connectivity index (χ0) is 7.98. The van der Waals surface area contributed by atoms with E-state index in [-0.39, 0.29) is 5.71 Å². The van der Waals surface area contributed by atoms with Gasteiger partial charge in [-0.05, 0) is 6.92 Å². The SMILES string of the molecule is COS(=O)O/N=C(\C)C#N. The molecule has 0 aliphatic carbocycles. The van der Waals surface area contributed by atoms with Crippen LogP contribution >= 0.6 is 0 Å². The molecule has 0 radical (unpaired) electrons. The van der Waals surface area contributed by atoms with Gasteiger partial charge in [-0.1, -0.05) is 5.16 Å². The summed E-state index contributed by atoms with van der Waals surface area (Å²) in [5.74, 6) is 0. The van der Waals surface area contributed by atoms with Crippen LogP contribution in [0.3, 0.4) is 0 Å². The van der Waals surface area contributed by atoms with Crippen LogP contribution in [-0.2, 0) is 19.8 Å². The third kappa shape index (κ3) is 4.00. The minimum atomic E-state index is -1.89. The molecule has 1 unspecified atom stereocenters. The van der Waals surface area contributed by atoms with E-state index in [1.54, 1.807) is 6.07 Å². The fourth-order valence-electron chi connectivity index (χ4n) is 0.137. The van der Waals surface area contributed by atoms with Gasteiger partial charge in [0, 0.05) is 0 Å². The Labute approximate surface area is 61.1 Å². The molecule has 0 spiro atoms. The topological polar surface area (TPSA) is 71.7 Å². The monoisotopic (exact) mass is 162 g/mol. The molecule has 6 heteroatoms. The second kappa shape index (κ2) is 4.90. The summed E-state index contributed by atoms with van der Waals surface area (Å²) in [6.07, 6.45) is 0. The summed E-state index contributed by atoms with van der Waals surface area (Å²) in [6.45, 7) is 1.42. The lowest BCUT2D eigenvalue weighted by molar-refractivity contribution is 0.296. The number of nitriles is 1. The molecule has 0 aromatic rings. The first-order valence-electron chi connectivity index (χ1n) is 2.29. The van der Waals surface area contributed by atoms with Crippen molar-refractivity contribution in [2.24, 2.45) is 5.16 Å². The highest BCUT2D eigenvalue weighted by Gasteiger charge is 1.94. The van der Waals surface area contributed by atoms with Gasteiger partial charge in [0.25, 0.3) is 0 Å². The van der Waals surface area contributed by atoms with Crippen LogP contribution < -0.4 is 0 Å². The van der Waals surface area contributed by atoms with Crippen LogP contribution in [0.15, 0.2) is 5.16 Å². The van der Waals surface area contributed by atoms with Gasteiger partial charge in [-0.15, -0.1) is 0 Å². The van der Waals surface area contributed by atoms with E-state index in [1.807, 2.05) is 0 Å². The summed E-state index contributed by atoms with van der Waals surface area (Å²) in [5, 5.41) is 11.3. The van der Waals surface area contributed by atoms with Gasteiger partial charge in [0.15, 0.2) is 5.71 Å². The molecule has 0 aliphatic rings. The Hall–Kier alpha value is -0.930. The van der Waals surface area contributed by atoms with Crippen LogP contribution in [0, 0.1) is 11.3 Å². The lowest BCUT2D eigenvalue weighted by Crippen LogP contribution is -1.95. The molecule has 0 rings (SSSR count). The van der Waals surface area contributed by atoms with Crippen LogP contribution in [0.25, 0.3) is 0 Å². The van der Waals surface area contributed by atoms with E-state index in [0.717, 1.165) is 0 Å². The number of hydrogen-bond donors (Lipinski definition) is 0. The largest absolute Gasteiger partial charge is 0.381 e. The normalized spacial score (nSPS) is 13.9. The van der Waals surface area contributed by atoms with Gasteiger partial charge in [0.05, 0.1) is 7.11 Å². The molecule has 56 valence electrons. The molecular formula is C4H6N2O3S. The summed E-state index contributed by atoms with van der Waals surface area (Å²) in [7, 11) is 1.20. The maximum absolute atomic E-state index is 10.3. The van der Waals surface area contributed by atoms with Crippen molar-refractivity contribution in [2.45, 2.75) is 6.92 Å². The van der Waals surface area contributed by atoms with Crippen molar-refractivity contribution < 1.29 is 12.7 Å². The second-order valence-electron chi connectivity index (χ2n) is 1.23. The molecule has 1 atom stereocenters. The molecule has 0 aromatic carbocycles. The van der Waals surface area contributed by atoms with Crippen molar-refractivity contribution in [1.29, 1.82) is 5.26 Å². The first-order valence-corrected chi connectivity index (χ1v) is 3.29. The van der Waals surface area contributed by atoms with E-state index in [2.05, 4.69) is 13.6 Å². The average Bonchev–Trinajstić information content (AvgIpc) is 1.99. The first kappa shape index (κ1) is 9.07. The average molecular weight is 162 g/mol. The molecule has 0 bridgehead atoms. The molecule has 0 heterocycles. The minimum absolute atomic E-state index is 0.0883. The highest BCUT2D eigenvalue weighted by atomic mass is 32.2. The number of oxime groups is 1. The van der Waals surface area contributed by atoms with Gasteiger partial charge in [-0.25, -0.2) is 0 Å². The molecule has 0 saturated carbocycles. The van der Waals surface area contributed by atoms with E-state index in [9.17, 15) is 4.21 Å². The summed E-state index contributed by atoms with van der Waals surface area (Å²) in [5.41, 5.74) is 0.0883. The van der Waals surface area contributed by atoms with Gasteiger partial charge in [-0.2, -0.15) is 9.47 Å². The highest BCUT2D eigenvalue weighted by Crippen LogP contribution is 1.86. The highest BCUT2D eigenvalue weighted by molar-refractivity contribution is 7.75. The van der Waals surface area contributed by atoms with Crippen molar-refractivity contribution in [1.82, 2.24) is 0 Å². The van der Waals surface area contributed by atoms with Crippen LogP contribution in [0.5, 0.6) is 0 Å². The molecule has 0 aromatic heterocycles. The van der Waals surface area contributed by atoms with E-state index in [0.29, 0.717) is 0 Å². The van der Waals surface area contributed by atoms with Gasteiger partial charge in [0.2, 0.25) is 0 Å². The van der Waals surface area contributed by atoms with E-state index in [4.69, 9.17) is 5.26 Å². The van der Waals surface area contributed by atoms with Crippen LogP contribution in [0.2, 0.25) is 0 Å². The van der Waals surface area contributed by atoms with Crippen molar-refractivity contribution in [3.63, 3.8) is 0 Å². The third-order valence-corrected chi connectivity index (χ3v) is 1.00. The smallest absolute Gasteiger partial charge is 0.265 e. The van der Waals surface area contributed by atoms with E-state index >= 15 is 0 Å². The zero-order valence-corrected chi connectivity index (χ0v) is 6.34. The predicted molar refractivity (Wildman–Crippen MR) is 35.0 cm³/mol. The molecule has 5 nitrogen and oxygen atoms in total. The quantitative estimate of drug-likeness (QED) is 0.436. The van der Waals surface area contributed by atoms with Crippen molar-refractivity contribution in [2.75, 3.05) is 7.11 Å². The van der Waals surface area contributed by atoms with Crippen molar-refractivity contribution in [3.05, 3.63) is 0 Å². The standard InChI is InChI=1S/C4H6N2O3S/c1-4(3-5)6-9-10(7)8-2/h1-2H3/b6-4+. The third-order valence-electron chi connectivity index (χ3n) is 0.533. The van der Waals surface area contributed by atoms with E-state index < -0.39 is 11.4 Å². The number of hydrogen-bond acceptors (Lipinski definition) is 5. The number of nitrogens with zero attached hydrogens (tertiary/aromatic N) is 2. The Bertz CT molecular complexity index is 195. The molecule has 10 heavy (non-hydrogen) atoms. The Morgan fingerprint density at radius 2 is 2.40 bits per heavy atom. The molecule has 0 N–H and O–H groups in total. The zero-order valence-electron chi connectivity index (χ0n) is 5.53. The molecule has 0 amide bonds. The maximum atomic E-state index is 10.3. The Kier molecular flexibility index (Phi) is 4.45. The first-order chi connectivity index (χ1) is 4.70. The summed E-state index contributed by atoms with van der Waals surface area (Å²) >= 11 is -1.89. The Morgan fingerprint density at radius 1 is 1.80 bits per heavy atom. The summed E-state index contributed by atoms with van der Waals surface area (Å²) < 4.78 is 18.6. The molecule has 0 aliphatic heterocycles. The fourth-order valence-corrected chi connectivity index (χ4v) is 0.371. The van der Waals surface area contributed by atoms with Gasteiger partial charge < -0.3 is 0 Å². The minimum Gasteiger partial charge on any atom is -0.265 e. The Balaban J connectivity index is 3.75. The lowest BCUT2D eigenvalue weighted by atomic mass is 10.5. The lowest BCUT2D eigenvalue weighted by Gasteiger charge is -1.91. The van der Waals surface area contributed by atoms with E-state index in [1.165, 1.54) is 14.0 Å². The van der Waals surface area contributed by atoms with Crippen LogP contribution in [0.1, 0.15) is 6.92 Å². The molecular weight excluding hydrogens is 156 g/mol. The Morgan fingerprint density at radius 3 is 2.80 bits per heavy atom. The maximum Gasteiger partial charge on any atom is 0.381 e.